The largest absolute Gasteiger partial charge is 0.461 e. The van der Waals surface area contributed by atoms with E-state index in [1.165, 1.54) is 29.5 Å². The van der Waals surface area contributed by atoms with E-state index in [1.807, 2.05) is 11.4 Å². The summed E-state index contributed by atoms with van der Waals surface area (Å²) in [6.45, 7) is 0. The van der Waals surface area contributed by atoms with E-state index in [4.69, 9.17) is 5.73 Å². The molecule has 0 spiro atoms. The summed E-state index contributed by atoms with van der Waals surface area (Å²) in [5, 5.41) is 1.83. The molecule has 1 atom stereocenters. The number of hydrogen-bond acceptors (Lipinski definition) is 3. The Kier molecular flexibility index (Phi) is 4.29. The van der Waals surface area contributed by atoms with E-state index >= 15 is 0 Å². The van der Waals surface area contributed by atoms with Gasteiger partial charge in [-0.05, 0) is 29.1 Å². The molecular weight excluding hydrogens is 294 g/mol. The molecule has 0 aliphatic rings. The normalized spacial score (nSPS) is 13.5. The molecule has 0 aliphatic heterocycles. The summed E-state index contributed by atoms with van der Waals surface area (Å²) in [4.78, 5) is 0.836. The highest BCUT2D eigenvalue weighted by Gasteiger charge is 2.44. The van der Waals surface area contributed by atoms with Crippen LogP contribution in [0, 0.1) is 0 Å². The van der Waals surface area contributed by atoms with Gasteiger partial charge in [0.05, 0.1) is 6.04 Å². The van der Waals surface area contributed by atoms with E-state index in [9.17, 15) is 17.6 Å². The molecule has 0 saturated heterocycles. The molecule has 7 heteroatoms. The number of alkyl halides is 4. The lowest BCUT2D eigenvalue weighted by Gasteiger charge is -2.18. The van der Waals surface area contributed by atoms with Gasteiger partial charge >= 0.3 is 12.5 Å². The van der Waals surface area contributed by atoms with Crippen LogP contribution in [0.3, 0.4) is 0 Å². The number of benzene rings is 1. The predicted octanol–water partition coefficient (Wildman–Crippen LogP) is 4.03. The monoisotopic (exact) mass is 305 g/mol. The van der Waals surface area contributed by atoms with Crippen LogP contribution in [-0.4, -0.2) is 12.5 Å². The van der Waals surface area contributed by atoms with Crippen molar-refractivity contribution in [3.8, 4) is 5.75 Å². The van der Waals surface area contributed by atoms with Crippen molar-refractivity contribution in [3.63, 3.8) is 0 Å². The summed E-state index contributed by atoms with van der Waals surface area (Å²) in [6, 6.07) is 8.57. The molecule has 0 fully saturated rings. The molecule has 0 radical (unpaired) electrons. The number of halogens is 4. The summed E-state index contributed by atoms with van der Waals surface area (Å²) in [5.74, 6) is -0.347. The van der Waals surface area contributed by atoms with Crippen LogP contribution in [0.25, 0.3) is 0 Å². The SMILES string of the molecule is N[C@@H](c1cccc(OC(F)(F)C(F)F)c1)c1cccs1. The number of ether oxygens (including phenoxy) is 1. The Balaban J connectivity index is 2.20. The van der Waals surface area contributed by atoms with Crippen LogP contribution in [0.15, 0.2) is 41.8 Å². The second-order valence-corrected chi connectivity index (χ2v) is 5.01. The lowest BCUT2D eigenvalue weighted by molar-refractivity contribution is -0.253. The van der Waals surface area contributed by atoms with Gasteiger partial charge in [0.15, 0.2) is 0 Å². The first-order valence-electron chi connectivity index (χ1n) is 5.64. The summed E-state index contributed by atoms with van der Waals surface area (Å²) >= 11 is 1.42. The summed E-state index contributed by atoms with van der Waals surface area (Å²) in [6.07, 6.45) is -8.41. The lowest BCUT2D eigenvalue weighted by Crippen LogP contribution is -2.33. The third kappa shape index (κ3) is 3.29. The zero-order valence-corrected chi connectivity index (χ0v) is 10.9. The van der Waals surface area contributed by atoms with Crippen molar-refractivity contribution >= 4 is 11.3 Å². The fraction of sp³-hybridized carbons (Fsp3) is 0.231. The molecule has 1 heterocycles. The van der Waals surface area contributed by atoms with Crippen molar-refractivity contribution < 1.29 is 22.3 Å². The van der Waals surface area contributed by atoms with Crippen LogP contribution in [0.1, 0.15) is 16.5 Å². The molecule has 2 N–H and O–H groups in total. The molecule has 1 aromatic heterocycles. The molecule has 2 aromatic rings. The zero-order chi connectivity index (χ0) is 14.8. The van der Waals surface area contributed by atoms with Crippen LogP contribution in [0.2, 0.25) is 0 Å². The first-order valence-corrected chi connectivity index (χ1v) is 6.52. The van der Waals surface area contributed by atoms with Crippen molar-refractivity contribution in [2.75, 3.05) is 0 Å². The summed E-state index contributed by atoms with van der Waals surface area (Å²) < 4.78 is 53.9. The van der Waals surface area contributed by atoms with Crippen molar-refractivity contribution in [1.82, 2.24) is 0 Å². The van der Waals surface area contributed by atoms with E-state index in [0.29, 0.717) is 5.56 Å². The Bertz CT molecular complexity index is 559. The molecule has 0 bridgehead atoms. The van der Waals surface area contributed by atoms with Gasteiger partial charge in [0.1, 0.15) is 5.75 Å². The van der Waals surface area contributed by atoms with E-state index < -0.39 is 18.6 Å². The number of thiophene rings is 1. The Labute approximate surface area is 116 Å². The first kappa shape index (κ1) is 14.8. The Morgan fingerprint density at radius 2 is 1.90 bits per heavy atom. The van der Waals surface area contributed by atoms with Crippen LogP contribution in [0.5, 0.6) is 5.75 Å². The quantitative estimate of drug-likeness (QED) is 0.846. The second-order valence-electron chi connectivity index (χ2n) is 4.03. The third-order valence-corrected chi connectivity index (χ3v) is 3.53. The third-order valence-electron chi connectivity index (χ3n) is 2.57. The maximum atomic E-state index is 12.8. The molecule has 0 aliphatic carbocycles. The fourth-order valence-corrected chi connectivity index (χ4v) is 2.36. The smallest absolute Gasteiger partial charge is 0.428 e. The summed E-state index contributed by atoms with van der Waals surface area (Å²) in [7, 11) is 0. The van der Waals surface area contributed by atoms with Gasteiger partial charge in [0.2, 0.25) is 0 Å². The van der Waals surface area contributed by atoms with E-state index in [0.717, 1.165) is 4.88 Å². The Morgan fingerprint density at radius 3 is 2.50 bits per heavy atom. The van der Waals surface area contributed by atoms with Crippen LogP contribution in [-0.2, 0) is 0 Å². The molecule has 0 amide bonds. The van der Waals surface area contributed by atoms with Gasteiger partial charge in [-0.15, -0.1) is 11.3 Å². The minimum Gasteiger partial charge on any atom is -0.428 e. The van der Waals surface area contributed by atoms with Crippen LogP contribution in [0.4, 0.5) is 17.6 Å². The van der Waals surface area contributed by atoms with Crippen molar-refractivity contribution in [3.05, 3.63) is 52.2 Å². The number of nitrogens with two attached hydrogens (primary N) is 1. The van der Waals surface area contributed by atoms with Crippen LogP contribution < -0.4 is 10.5 Å². The first-order chi connectivity index (χ1) is 9.40. The molecule has 108 valence electrons. The van der Waals surface area contributed by atoms with E-state index in [-0.39, 0.29) is 5.75 Å². The topological polar surface area (TPSA) is 35.2 Å². The Morgan fingerprint density at radius 1 is 1.15 bits per heavy atom. The predicted molar refractivity (Wildman–Crippen MR) is 68.4 cm³/mol. The second kappa shape index (κ2) is 5.80. The molecule has 2 nitrogen and oxygen atoms in total. The van der Waals surface area contributed by atoms with Crippen molar-refractivity contribution in [2.45, 2.75) is 18.6 Å². The molecule has 20 heavy (non-hydrogen) atoms. The average molecular weight is 305 g/mol. The van der Waals surface area contributed by atoms with Crippen molar-refractivity contribution in [2.24, 2.45) is 5.73 Å². The number of rotatable bonds is 5. The maximum Gasteiger partial charge on any atom is 0.461 e. The van der Waals surface area contributed by atoms with E-state index in [2.05, 4.69) is 4.74 Å². The number of hydrogen-bond donors (Lipinski definition) is 1. The van der Waals surface area contributed by atoms with E-state index in [1.54, 1.807) is 12.1 Å². The fourth-order valence-electron chi connectivity index (χ4n) is 1.61. The highest BCUT2D eigenvalue weighted by Crippen LogP contribution is 2.30. The molecule has 0 unspecified atom stereocenters. The average Bonchev–Trinajstić information content (AvgIpc) is 2.91. The summed E-state index contributed by atoms with van der Waals surface area (Å²) in [5.41, 5.74) is 6.48. The van der Waals surface area contributed by atoms with Gasteiger partial charge in [-0.1, -0.05) is 18.2 Å². The standard InChI is InChI=1S/C13H11F4NOS/c14-12(15)13(16,17)19-9-4-1-3-8(7-9)11(18)10-5-2-6-20-10/h1-7,11-12H,18H2/t11-/m0/s1. The Hall–Kier alpha value is -1.60. The van der Waals surface area contributed by atoms with Gasteiger partial charge in [-0.2, -0.15) is 17.6 Å². The minimum atomic E-state index is -4.52. The molecule has 1 aromatic carbocycles. The van der Waals surface area contributed by atoms with Gasteiger partial charge < -0.3 is 10.5 Å². The van der Waals surface area contributed by atoms with Gasteiger partial charge in [-0.25, -0.2) is 0 Å². The highest BCUT2D eigenvalue weighted by atomic mass is 32.1. The lowest BCUT2D eigenvalue weighted by atomic mass is 10.1. The van der Waals surface area contributed by atoms with Crippen LogP contribution >= 0.6 is 11.3 Å². The molecular formula is C13H11F4NOS. The molecule has 2 rings (SSSR count). The zero-order valence-electron chi connectivity index (χ0n) is 10.1. The van der Waals surface area contributed by atoms with Gasteiger partial charge in [0.25, 0.3) is 0 Å². The molecule has 0 saturated carbocycles. The van der Waals surface area contributed by atoms with Gasteiger partial charge in [-0.3, -0.25) is 0 Å². The van der Waals surface area contributed by atoms with Crippen molar-refractivity contribution in [1.29, 1.82) is 0 Å². The maximum absolute atomic E-state index is 12.8. The minimum absolute atomic E-state index is 0.347. The van der Waals surface area contributed by atoms with Gasteiger partial charge in [0, 0.05) is 4.88 Å². The highest BCUT2D eigenvalue weighted by molar-refractivity contribution is 7.10.